The Morgan fingerprint density at radius 1 is 0.367 bits per heavy atom. The second-order valence-electron chi connectivity index (χ2n) is 7.56. The molecule has 0 saturated carbocycles. The van der Waals surface area contributed by atoms with E-state index < -0.39 is 15.8 Å². The van der Waals surface area contributed by atoms with Crippen LogP contribution in [0, 0.1) is 0 Å². The van der Waals surface area contributed by atoms with Gasteiger partial charge in [0.1, 0.15) is 0 Å². The third-order valence-corrected chi connectivity index (χ3v) is 11.8. The summed E-state index contributed by atoms with van der Waals surface area (Å²) in [6, 6.07) is 44.5. The smallest absolute Gasteiger partial charge is 0.00861 e. The van der Waals surface area contributed by atoms with Gasteiger partial charge in [0.15, 0.2) is 0 Å². The van der Waals surface area contributed by atoms with Crippen LogP contribution in [-0.2, 0) is 0 Å². The van der Waals surface area contributed by atoms with Gasteiger partial charge in [-0.05, 0) is 48.4 Å². The number of rotatable bonds is 7. The lowest BCUT2D eigenvalue weighted by atomic mass is 10.3. The van der Waals surface area contributed by atoms with E-state index in [0.29, 0.717) is 11.3 Å². The summed E-state index contributed by atoms with van der Waals surface area (Å²) in [5.41, 5.74) is 1.10. The van der Waals surface area contributed by atoms with Crippen LogP contribution in [0.2, 0.25) is 0 Å². The zero-order valence-electron chi connectivity index (χ0n) is 17.6. The standard InChI is InChI=1S/C28H28P2/c1-23(29(25-15-7-3-8-16-25)26-17-9-4-10-18-26)24(2)30(27-19-11-5-12-20-27)28-21-13-6-14-22-28/h3-24H,1-2H3/t23-,24?/m0/s1. The first kappa shape index (κ1) is 21.0. The molecular formula is C28H28P2. The van der Waals surface area contributed by atoms with Crippen molar-refractivity contribution in [2.24, 2.45) is 0 Å². The van der Waals surface area contributed by atoms with Gasteiger partial charge in [0, 0.05) is 0 Å². The van der Waals surface area contributed by atoms with Gasteiger partial charge in [-0.25, -0.2) is 0 Å². The molecule has 4 aromatic carbocycles. The molecule has 0 aliphatic rings. The van der Waals surface area contributed by atoms with E-state index in [9.17, 15) is 0 Å². The zero-order valence-corrected chi connectivity index (χ0v) is 19.4. The summed E-state index contributed by atoms with van der Waals surface area (Å²) in [6.07, 6.45) is 0. The summed E-state index contributed by atoms with van der Waals surface area (Å²) in [5.74, 6) is 0. The summed E-state index contributed by atoms with van der Waals surface area (Å²) in [6.45, 7) is 4.94. The quantitative estimate of drug-likeness (QED) is 0.317. The highest BCUT2D eigenvalue weighted by molar-refractivity contribution is 7.77. The lowest BCUT2D eigenvalue weighted by molar-refractivity contribution is 0.912. The molecule has 4 rings (SSSR count). The van der Waals surface area contributed by atoms with Crippen molar-refractivity contribution >= 4 is 37.1 Å². The lowest BCUT2D eigenvalue weighted by Gasteiger charge is -2.35. The van der Waals surface area contributed by atoms with Crippen LogP contribution in [-0.4, -0.2) is 11.3 Å². The van der Waals surface area contributed by atoms with Gasteiger partial charge in [-0.2, -0.15) is 0 Å². The van der Waals surface area contributed by atoms with Crippen LogP contribution in [0.4, 0.5) is 0 Å². The number of benzene rings is 4. The van der Waals surface area contributed by atoms with Crippen molar-refractivity contribution in [1.29, 1.82) is 0 Å². The summed E-state index contributed by atoms with van der Waals surface area (Å²) < 4.78 is 0. The second-order valence-corrected chi connectivity index (χ2v) is 12.7. The van der Waals surface area contributed by atoms with E-state index >= 15 is 0 Å². The molecular weight excluding hydrogens is 398 g/mol. The van der Waals surface area contributed by atoms with Gasteiger partial charge in [-0.3, -0.25) is 0 Å². The van der Waals surface area contributed by atoms with Gasteiger partial charge < -0.3 is 0 Å². The predicted molar refractivity (Wildman–Crippen MR) is 137 cm³/mol. The van der Waals surface area contributed by atoms with E-state index in [-0.39, 0.29) is 0 Å². The minimum absolute atomic E-state index is 0.448. The van der Waals surface area contributed by atoms with Crippen molar-refractivity contribution < 1.29 is 0 Å². The van der Waals surface area contributed by atoms with Crippen molar-refractivity contribution in [2.75, 3.05) is 0 Å². The highest BCUT2D eigenvalue weighted by Gasteiger charge is 2.31. The van der Waals surface area contributed by atoms with E-state index in [2.05, 4.69) is 135 Å². The lowest BCUT2D eigenvalue weighted by Crippen LogP contribution is -2.31. The van der Waals surface area contributed by atoms with Crippen LogP contribution in [0.15, 0.2) is 121 Å². The Balaban J connectivity index is 1.77. The molecule has 0 spiro atoms. The topological polar surface area (TPSA) is 0 Å². The van der Waals surface area contributed by atoms with Crippen LogP contribution < -0.4 is 21.2 Å². The Kier molecular flexibility index (Phi) is 7.11. The Labute approximate surface area is 183 Å². The van der Waals surface area contributed by atoms with Crippen molar-refractivity contribution in [3.63, 3.8) is 0 Å². The maximum Gasteiger partial charge on any atom is -0.00861 e. The average Bonchev–Trinajstić information content (AvgIpc) is 2.82. The molecule has 30 heavy (non-hydrogen) atoms. The Hall–Kier alpha value is -2.26. The van der Waals surface area contributed by atoms with Gasteiger partial charge >= 0.3 is 0 Å². The maximum absolute atomic E-state index is 2.47. The Morgan fingerprint density at radius 2 is 0.567 bits per heavy atom. The minimum atomic E-state index is -0.448. The van der Waals surface area contributed by atoms with Crippen LogP contribution in [0.25, 0.3) is 0 Å². The Morgan fingerprint density at radius 3 is 0.767 bits per heavy atom. The van der Waals surface area contributed by atoms with Crippen LogP contribution in [0.3, 0.4) is 0 Å². The van der Waals surface area contributed by atoms with Crippen molar-refractivity contribution in [2.45, 2.75) is 25.2 Å². The molecule has 0 fully saturated rings. The molecule has 2 heteroatoms. The molecule has 0 aromatic heterocycles. The molecule has 0 aliphatic heterocycles. The fourth-order valence-electron chi connectivity index (χ4n) is 4.02. The summed E-state index contributed by atoms with van der Waals surface area (Å²) in [4.78, 5) is 0. The molecule has 0 nitrogen and oxygen atoms in total. The molecule has 2 atom stereocenters. The summed E-state index contributed by atoms with van der Waals surface area (Å²) >= 11 is 0. The maximum atomic E-state index is 2.47. The van der Waals surface area contributed by atoms with Gasteiger partial charge in [0.25, 0.3) is 0 Å². The number of hydrogen-bond acceptors (Lipinski definition) is 0. The normalized spacial score (nSPS) is 13.3. The Bertz CT molecular complexity index is 851. The largest absolute Gasteiger partial charge is 0.0622 e. The average molecular weight is 426 g/mol. The predicted octanol–water partition coefficient (Wildman–Crippen LogP) is 6.03. The number of hydrogen-bond donors (Lipinski definition) is 0. The summed E-state index contributed by atoms with van der Waals surface area (Å²) in [7, 11) is -0.897. The van der Waals surface area contributed by atoms with Crippen molar-refractivity contribution in [3.05, 3.63) is 121 Å². The fourth-order valence-corrected chi connectivity index (χ4v) is 10.1. The third-order valence-electron chi connectivity index (χ3n) is 5.65. The highest BCUT2D eigenvalue weighted by atomic mass is 31.1. The van der Waals surface area contributed by atoms with Crippen molar-refractivity contribution in [1.82, 2.24) is 0 Å². The van der Waals surface area contributed by atoms with E-state index in [0.717, 1.165) is 0 Å². The minimum Gasteiger partial charge on any atom is -0.0622 e. The first-order valence-corrected chi connectivity index (χ1v) is 13.4. The molecule has 0 bridgehead atoms. The van der Waals surface area contributed by atoms with Crippen LogP contribution >= 0.6 is 15.8 Å². The van der Waals surface area contributed by atoms with Gasteiger partial charge in [0.2, 0.25) is 0 Å². The van der Waals surface area contributed by atoms with Crippen LogP contribution in [0.1, 0.15) is 13.8 Å². The van der Waals surface area contributed by atoms with E-state index in [4.69, 9.17) is 0 Å². The molecule has 0 N–H and O–H groups in total. The van der Waals surface area contributed by atoms with E-state index in [1.54, 1.807) is 0 Å². The molecule has 0 aliphatic carbocycles. The van der Waals surface area contributed by atoms with E-state index in [1.807, 2.05) is 0 Å². The second kappa shape index (κ2) is 10.2. The zero-order chi connectivity index (χ0) is 20.8. The molecule has 0 heterocycles. The third kappa shape index (κ3) is 4.73. The van der Waals surface area contributed by atoms with Gasteiger partial charge in [0.05, 0.1) is 0 Å². The monoisotopic (exact) mass is 426 g/mol. The fraction of sp³-hybridized carbons (Fsp3) is 0.143. The molecule has 0 amide bonds. The molecule has 0 radical (unpaired) electrons. The SMILES string of the molecule is CC([C@H](C)P(c1ccccc1)c1ccccc1)P(c1ccccc1)c1ccccc1. The first-order valence-electron chi connectivity index (χ1n) is 10.5. The molecule has 4 aromatic rings. The highest BCUT2D eigenvalue weighted by Crippen LogP contribution is 2.51. The van der Waals surface area contributed by atoms with Crippen molar-refractivity contribution in [3.8, 4) is 0 Å². The first-order chi connectivity index (χ1) is 14.8. The van der Waals surface area contributed by atoms with Gasteiger partial charge in [-0.1, -0.05) is 135 Å². The van der Waals surface area contributed by atoms with Gasteiger partial charge in [-0.15, -0.1) is 0 Å². The van der Waals surface area contributed by atoms with Crippen LogP contribution in [0.5, 0.6) is 0 Å². The molecule has 0 saturated heterocycles. The molecule has 1 unspecified atom stereocenters. The molecule has 150 valence electrons. The van der Waals surface area contributed by atoms with E-state index in [1.165, 1.54) is 21.2 Å². The summed E-state index contributed by atoms with van der Waals surface area (Å²) in [5, 5.41) is 5.87.